The van der Waals surface area contributed by atoms with Crippen molar-refractivity contribution in [3.05, 3.63) is 46.7 Å². The zero-order valence-electron chi connectivity index (χ0n) is 10.8. The molecule has 2 aromatic rings. The van der Waals surface area contributed by atoms with Crippen molar-refractivity contribution in [3.63, 3.8) is 0 Å². The fraction of sp³-hybridized carbons (Fsp3) is 0.286. The molecule has 3 N–H and O–H groups in total. The summed E-state index contributed by atoms with van der Waals surface area (Å²) in [6.45, 7) is 0. The number of sulfonamides is 1. The van der Waals surface area contributed by atoms with Crippen LogP contribution in [0.25, 0.3) is 0 Å². The lowest BCUT2D eigenvalue weighted by atomic mass is 10.1. The van der Waals surface area contributed by atoms with Gasteiger partial charge in [-0.15, -0.1) is 11.3 Å². The standard InChI is InChI=1S/C14H16N2O2S2/c15-20(17,18)12-7-5-11(6-8-12)16-14(10-3-4-10)13-2-1-9-19-13/h1-2,5-10,14,16H,3-4H2,(H2,15,17,18). The highest BCUT2D eigenvalue weighted by atomic mass is 32.2. The van der Waals surface area contributed by atoms with Crippen LogP contribution in [0.5, 0.6) is 0 Å². The van der Waals surface area contributed by atoms with Crippen LogP contribution in [-0.4, -0.2) is 8.42 Å². The molecular formula is C14H16N2O2S2. The van der Waals surface area contributed by atoms with Gasteiger partial charge in [-0.3, -0.25) is 0 Å². The Kier molecular flexibility index (Phi) is 3.54. The van der Waals surface area contributed by atoms with E-state index in [9.17, 15) is 8.42 Å². The zero-order valence-corrected chi connectivity index (χ0v) is 12.5. The Morgan fingerprint density at radius 2 is 1.90 bits per heavy atom. The first-order chi connectivity index (χ1) is 9.54. The molecule has 1 fully saturated rings. The molecule has 4 nitrogen and oxygen atoms in total. The first kappa shape index (κ1) is 13.6. The van der Waals surface area contributed by atoms with Gasteiger partial charge in [-0.2, -0.15) is 0 Å². The van der Waals surface area contributed by atoms with E-state index in [-0.39, 0.29) is 4.90 Å². The van der Waals surface area contributed by atoms with E-state index >= 15 is 0 Å². The quantitative estimate of drug-likeness (QED) is 0.892. The van der Waals surface area contributed by atoms with E-state index in [0.717, 1.165) is 5.69 Å². The molecule has 1 aliphatic rings. The summed E-state index contributed by atoms with van der Waals surface area (Å²) in [5.41, 5.74) is 0.919. The van der Waals surface area contributed by atoms with Gasteiger partial charge in [0.1, 0.15) is 0 Å². The van der Waals surface area contributed by atoms with Crippen molar-refractivity contribution in [2.45, 2.75) is 23.8 Å². The van der Waals surface area contributed by atoms with Crippen LogP contribution < -0.4 is 10.5 Å². The van der Waals surface area contributed by atoms with E-state index in [1.165, 1.54) is 29.9 Å². The van der Waals surface area contributed by atoms with Crippen LogP contribution in [-0.2, 0) is 10.0 Å². The third kappa shape index (κ3) is 3.03. The molecule has 1 saturated carbocycles. The average Bonchev–Trinajstić information content (AvgIpc) is 3.10. The topological polar surface area (TPSA) is 72.2 Å². The number of benzene rings is 1. The average molecular weight is 308 g/mol. The Morgan fingerprint density at radius 1 is 1.20 bits per heavy atom. The lowest BCUT2D eigenvalue weighted by molar-refractivity contribution is 0.598. The van der Waals surface area contributed by atoms with E-state index in [1.807, 2.05) is 0 Å². The van der Waals surface area contributed by atoms with Crippen molar-refractivity contribution >= 4 is 27.0 Å². The first-order valence-electron chi connectivity index (χ1n) is 6.47. The van der Waals surface area contributed by atoms with Gasteiger partial charge in [0, 0.05) is 10.6 Å². The number of hydrogen-bond donors (Lipinski definition) is 2. The smallest absolute Gasteiger partial charge is 0.238 e. The first-order valence-corrected chi connectivity index (χ1v) is 8.89. The Hall–Kier alpha value is -1.37. The Balaban J connectivity index is 1.79. The maximum absolute atomic E-state index is 11.2. The number of primary sulfonamides is 1. The fourth-order valence-corrected chi connectivity index (χ4v) is 3.62. The number of nitrogens with one attached hydrogen (secondary N) is 1. The van der Waals surface area contributed by atoms with E-state index in [4.69, 9.17) is 5.14 Å². The van der Waals surface area contributed by atoms with Crippen LogP contribution in [0.4, 0.5) is 5.69 Å². The van der Waals surface area contributed by atoms with Crippen LogP contribution in [0, 0.1) is 5.92 Å². The fourth-order valence-electron chi connectivity index (χ4n) is 2.24. The highest BCUT2D eigenvalue weighted by molar-refractivity contribution is 7.89. The molecule has 1 unspecified atom stereocenters. The molecule has 1 atom stereocenters. The minimum Gasteiger partial charge on any atom is -0.377 e. The van der Waals surface area contributed by atoms with Gasteiger partial charge in [0.05, 0.1) is 10.9 Å². The monoisotopic (exact) mass is 308 g/mol. The maximum Gasteiger partial charge on any atom is 0.238 e. The number of thiophene rings is 1. The summed E-state index contributed by atoms with van der Waals surface area (Å²) in [7, 11) is -3.62. The van der Waals surface area contributed by atoms with Crippen molar-refractivity contribution < 1.29 is 8.42 Å². The van der Waals surface area contributed by atoms with Crippen molar-refractivity contribution in [1.82, 2.24) is 0 Å². The third-order valence-electron chi connectivity index (χ3n) is 3.45. The molecule has 0 aliphatic heterocycles. The minimum atomic E-state index is -3.62. The highest BCUT2D eigenvalue weighted by Gasteiger charge is 2.32. The molecule has 0 saturated heterocycles. The summed E-state index contributed by atoms with van der Waals surface area (Å²) < 4.78 is 22.5. The van der Waals surface area contributed by atoms with E-state index in [0.29, 0.717) is 12.0 Å². The molecule has 0 bridgehead atoms. The van der Waals surface area contributed by atoms with Crippen LogP contribution in [0.3, 0.4) is 0 Å². The van der Waals surface area contributed by atoms with Gasteiger partial charge in [-0.1, -0.05) is 6.07 Å². The van der Waals surface area contributed by atoms with E-state index < -0.39 is 10.0 Å². The molecule has 6 heteroatoms. The molecule has 1 aromatic heterocycles. The Labute approximate surface area is 122 Å². The Morgan fingerprint density at radius 3 is 2.40 bits per heavy atom. The number of hydrogen-bond acceptors (Lipinski definition) is 4. The van der Waals surface area contributed by atoms with Crippen molar-refractivity contribution in [1.29, 1.82) is 0 Å². The van der Waals surface area contributed by atoms with Gasteiger partial charge in [0.25, 0.3) is 0 Å². The second kappa shape index (κ2) is 5.20. The van der Waals surface area contributed by atoms with Crippen molar-refractivity contribution in [2.24, 2.45) is 11.1 Å². The molecule has 0 spiro atoms. The summed E-state index contributed by atoms with van der Waals surface area (Å²) in [6, 6.07) is 11.1. The minimum absolute atomic E-state index is 0.141. The molecular weight excluding hydrogens is 292 g/mol. The normalized spacial score (nSPS) is 16.9. The molecule has 0 radical (unpaired) electrons. The molecule has 3 rings (SSSR count). The SMILES string of the molecule is NS(=O)(=O)c1ccc(NC(c2cccs2)C2CC2)cc1. The predicted molar refractivity (Wildman–Crippen MR) is 81.2 cm³/mol. The summed E-state index contributed by atoms with van der Waals surface area (Å²) in [5.74, 6) is 0.673. The van der Waals surface area contributed by atoms with Gasteiger partial charge in [0.2, 0.25) is 10.0 Å². The summed E-state index contributed by atoms with van der Waals surface area (Å²) in [4.78, 5) is 1.46. The van der Waals surface area contributed by atoms with Gasteiger partial charge in [-0.05, 0) is 54.5 Å². The third-order valence-corrected chi connectivity index (χ3v) is 5.33. The van der Waals surface area contributed by atoms with Crippen LogP contribution >= 0.6 is 11.3 Å². The largest absolute Gasteiger partial charge is 0.377 e. The van der Waals surface area contributed by atoms with Crippen LogP contribution in [0.2, 0.25) is 0 Å². The molecule has 106 valence electrons. The summed E-state index contributed by atoms with van der Waals surface area (Å²) in [5, 5.41) is 10.7. The van der Waals surface area contributed by atoms with Crippen molar-refractivity contribution in [3.8, 4) is 0 Å². The van der Waals surface area contributed by atoms with Crippen LogP contribution in [0.15, 0.2) is 46.7 Å². The number of rotatable bonds is 5. The number of nitrogens with two attached hydrogens (primary N) is 1. The highest BCUT2D eigenvalue weighted by Crippen LogP contribution is 2.44. The van der Waals surface area contributed by atoms with Gasteiger partial charge in [0.15, 0.2) is 0 Å². The van der Waals surface area contributed by atoms with Gasteiger partial charge >= 0.3 is 0 Å². The predicted octanol–water partition coefficient (Wildman–Crippen LogP) is 2.96. The maximum atomic E-state index is 11.2. The zero-order chi connectivity index (χ0) is 14.2. The second-order valence-electron chi connectivity index (χ2n) is 5.04. The van der Waals surface area contributed by atoms with Gasteiger partial charge in [-0.25, -0.2) is 13.6 Å². The Bertz CT molecular complexity index is 674. The molecule has 20 heavy (non-hydrogen) atoms. The molecule has 0 amide bonds. The lowest BCUT2D eigenvalue weighted by Gasteiger charge is -2.18. The van der Waals surface area contributed by atoms with Crippen LogP contribution in [0.1, 0.15) is 23.8 Å². The lowest BCUT2D eigenvalue weighted by Crippen LogP contribution is -2.13. The van der Waals surface area contributed by atoms with Crippen molar-refractivity contribution in [2.75, 3.05) is 5.32 Å². The molecule has 1 heterocycles. The number of anilines is 1. The van der Waals surface area contributed by atoms with E-state index in [2.05, 4.69) is 22.8 Å². The molecule has 1 aromatic carbocycles. The second-order valence-corrected chi connectivity index (χ2v) is 7.58. The van der Waals surface area contributed by atoms with E-state index in [1.54, 1.807) is 23.5 Å². The summed E-state index contributed by atoms with van der Waals surface area (Å²) >= 11 is 1.75. The van der Waals surface area contributed by atoms with Gasteiger partial charge < -0.3 is 5.32 Å². The summed E-state index contributed by atoms with van der Waals surface area (Å²) in [6.07, 6.45) is 2.48. The molecule has 1 aliphatic carbocycles.